The maximum Gasteiger partial charge on any atom is 0.231 e. The van der Waals surface area contributed by atoms with Crippen molar-refractivity contribution in [1.29, 1.82) is 0 Å². The van der Waals surface area contributed by atoms with E-state index in [9.17, 15) is 8.78 Å². The molecule has 5 aromatic rings. The standard InChI is InChI=1S/C28H20F2NO4.BrH/c1-32-23-7-6-18-19-4-5-20-25-15(10-24-27(20)35-14-34-24)8-9-31(26(19)25)12-21(18)28(23)33-13-16-2-3-17(29)11-22(16)30;/h2-7,10-12H,8-9,13-14H2,1H3;1H/q+1;/p-1. The number of hydrogen-bond donors (Lipinski definition) is 0. The van der Waals surface area contributed by atoms with E-state index in [1.165, 1.54) is 23.1 Å². The predicted octanol–water partition coefficient (Wildman–Crippen LogP) is 2.59. The number of aromatic nitrogens is 1. The predicted molar refractivity (Wildman–Crippen MR) is 126 cm³/mol. The van der Waals surface area contributed by atoms with E-state index >= 15 is 0 Å². The Morgan fingerprint density at radius 1 is 0.944 bits per heavy atom. The largest absolute Gasteiger partial charge is 1.00 e. The monoisotopic (exact) mass is 551 g/mol. The van der Waals surface area contributed by atoms with E-state index in [2.05, 4.69) is 29.0 Å². The summed E-state index contributed by atoms with van der Waals surface area (Å²) in [5.74, 6) is 1.40. The molecule has 0 amide bonds. The molecule has 182 valence electrons. The fraction of sp³-hybridized carbons (Fsp3) is 0.179. The van der Waals surface area contributed by atoms with Crippen molar-refractivity contribution < 1.29 is 49.3 Å². The van der Waals surface area contributed by atoms with Crippen LogP contribution < -0.4 is 40.5 Å². The van der Waals surface area contributed by atoms with E-state index in [0.717, 1.165) is 57.6 Å². The Morgan fingerprint density at radius 3 is 2.61 bits per heavy atom. The van der Waals surface area contributed by atoms with Gasteiger partial charge in [-0.2, -0.15) is 4.57 Å². The van der Waals surface area contributed by atoms with E-state index in [4.69, 9.17) is 18.9 Å². The van der Waals surface area contributed by atoms with E-state index in [1.54, 1.807) is 7.11 Å². The van der Waals surface area contributed by atoms with Gasteiger partial charge in [-0.15, -0.1) is 0 Å². The molecule has 1 aromatic heterocycles. The topological polar surface area (TPSA) is 40.8 Å². The molecule has 0 saturated carbocycles. The van der Waals surface area contributed by atoms with Gasteiger partial charge in [0.2, 0.25) is 12.3 Å². The maximum atomic E-state index is 14.3. The average molecular weight is 552 g/mol. The lowest BCUT2D eigenvalue weighted by molar-refractivity contribution is -0.670. The number of halogens is 3. The molecule has 0 saturated heterocycles. The third kappa shape index (κ3) is 3.27. The molecule has 4 aromatic carbocycles. The summed E-state index contributed by atoms with van der Waals surface area (Å²) in [6, 6.07) is 13.6. The number of hydrogen-bond acceptors (Lipinski definition) is 4. The number of nitrogens with zero attached hydrogens (tertiary/aromatic N) is 1. The summed E-state index contributed by atoms with van der Waals surface area (Å²) in [5, 5.41) is 5.16. The van der Waals surface area contributed by atoms with Crippen LogP contribution in [0.5, 0.6) is 23.0 Å². The number of fused-ring (bicyclic) bond motifs is 4. The van der Waals surface area contributed by atoms with Crippen LogP contribution in [0, 0.1) is 11.6 Å². The van der Waals surface area contributed by atoms with Gasteiger partial charge in [0.15, 0.2) is 35.7 Å². The lowest BCUT2D eigenvalue weighted by Crippen LogP contribution is -3.00. The Morgan fingerprint density at radius 2 is 1.78 bits per heavy atom. The summed E-state index contributed by atoms with van der Waals surface area (Å²) in [5.41, 5.74) is 2.65. The molecule has 36 heavy (non-hydrogen) atoms. The number of benzene rings is 4. The molecule has 0 unspecified atom stereocenters. The van der Waals surface area contributed by atoms with Gasteiger partial charge in [0.1, 0.15) is 18.2 Å². The number of aryl methyl sites for hydroxylation is 2. The molecule has 0 fully saturated rings. The summed E-state index contributed by atoms with van der Waals surface area (Å²) >= 11 is 0. The van der Waals surface area contributed by atoms with Crippen LogP contribution in [0.15, 0.2) is 54.7 Å². The fourth-order valence-corrected chi connectivity index (χ4v) is 5.33. The quantitative estimate of drug-likeness (QED) is 0.254. The molecule has 7 rings (SSSR count). The van der Waals surface area contributed by atoms with Crippen LogP contribution in [-0.4, -0.2) is 13.9 Å². The molecular formula is C28H20BrF2NO4. The molecule has 0 spiro atoms. The first-order chi connectivity index (χ1) is 17.1. The molecule has 5 nitrogen and oxygen atoms in total. The first-order valence-electron chi connectivity index (χ1n) is 11.4. The fourth-order valence-electron chi connectivity index (χ4n) is 5.33. The summed E-state index contributed by atoms with van der Waals surface area (Å²) in [4.78, 5) is 0. The zero-order valence-corrected chi connectivity index (χ0v) is 20.8. The minimum absolute atomic E-state index is 0. The van der Waals surface area contributed by atoms with E-state index in [-0.39, 0.29) is 35.9 Å². The van der Waals surface area contributed by atoms with Gasteiger partial charge < -0.3 is 35.9 Å². The molecule has 0 radical (unpaired) electrons. The number of pyridine rings is 1. The van der Waals surface area contributed by atoms with Crippen LogP contribution in [0.25, 0.3) is 32.4 Å². The molecule has 0 atom stereocenters. The zero-order chi connectivity index (χ0) is 23.7. The van der Waals surface area contributed by atoms with Crippen LogP contribution in [0.4, 0.5) is 8.78 Å². The number of methoxy groups -OCH3 is 1. The van der Waals surface area contributed by atoms with Crippen LogP contribution in [0.2, 0.25) is 0 Å². The highest BCUT2D eigenvalue weighted by Gasteiger charge is 2.30. The SMILES string of the molecule is COc1ccc2c(c[n+]3c4c2ccc2c5c(cc(c24)CC3)OCO5)c1OCc1ccc(F)cc1F.[Br-]. The smallest absolute Gasteiger partial charge is 0.231 e. The summed E-state index contributed by atoms with van der Waals surface area (Å²) in [6.45, 7) is 0.977. The lowest BCUT2D eigenvalue weighted by atomic mass is 9.93. The van der Waals surface area contributed by atoms with Gasteiger partial charge in [-0.1, -0.05) is 0 Å². The average Bonchev–Trinajstić information content (AvgIpc) is 3.34. The maximum absolute atomic E-state index is 14.3. The highest BCUT2D eigenvalue weighted by molar-refractivity contribution is 6.17. The summed E-state index contributed by atoms with van der Waals surface area (Å²) in [6.07, 6.45) is 2.93. The van der Waals surface area contributed by atoms with Crippen molar-refractivity contribution in [3.8, 4) is 23.0 Å². The second-order valence-corrected chi connectivity index (χ2v) is 8.81. The summed E-state index contributed by atoms with van der Waals surface area (Å²) in [7, 11) is 1.58. The van der Waals surface area contributed by atoms with Gasteiger partial charge in [-0.25, -0.2) is 8.78 Å². The third-order valence-corrected chi connectivity index (χ3v) is 6.94. The molecule has 3 heterocycles. The van der Waals surface area contributed by atoms with Gasteiger partial charge in [-0.05, 0) is 48.0 Å². The number of ether oxygens (including phenoxy) is 4. The van der Waals surface area contributed by atoms with Crippen molar-refractivity contribution >= 4 is 32.4 Å². The van der Waals surface area contributed by atoms with Crippen molar-refractivity contribution in [3.63, 3.8) is 0 Å². The van der Waals surface area contributed by atoms with Gasteiger partial charge in [0.25, 0.3) is 0 Å². The first kappa shape index (κ1) is 22.8. The van der Waals surface area contributed by atoms with Crippen molar-refractivity contribution in [2.45, 2.75) is 19.6 Å². The minimum atomic E-state index is -0.642. The van der Waals surface area contributed by atoms with Crippen LogP contribution in [-0.2, 0) is 19.6 Å². The molecule has 0 N–H and O–H groups in total. The second-order valence-electron chi connectivity index (χ2n) is 8.81. The molecule has 8 heteroatoms. The molecule has 0 bridgehead atoms. The second kappa shape index (κ2) is 8.48. The van der Waals surface area contributed by atoms with Crippen molar-refractivity contribution in [2.24, 2.45) is 0 Å². The number of rotatable bonds is 4. The lowest BCUT2D eigenvalue weighted by Gasteiger charge is -2.18. The Kier molecular flexibility index (Phi) is 5.37. The minimum Gasteiger partial charge on any atom is -1.00 e. The summed E-state index contributed by atoms with van der Waals surface area (Å²) < 4.78 is 53.0. The Bertz CT molecular complexity index is 1710. The molecule has 2 aliphatic rings. The van der Waals surface area contributed by atoms with Crippen LogP contribution >= 0.6 is 0 Å². The van der Waals surface area contributed by atoms with E-state index in [0.29, 0.717) is 11.5 Å². The Hall–Kier alpha value is -3.65. The zero-order valence-electron chi connectivity index (χ0n) is 19.2. The van der Waals surface area contributed by atoms with Gasteiger partial charge in [0.05, 0.1) is 23.3 Å². The van der Waals surface area contributed by atoms with Gasteiger partial charge in [-0.3, -0.25) is 0 Å². The van der Waals surface area contributed by atoms with E-state index < -0.39 is 11.6 Å². The van der Waals surface area contributed by atoms with E-state index in [1.807, 2.05) is 12.1 Å². The molecule has 2 aliphatic heterocycles. The molecular weight excluding hydrogens is 532 g/mol. The van der Waals surface area contributed by atoms with Crippen molar-refractivity contribution in [1.82, 2.24) is 0 Å². The Balaban J connectivity index is 0.00000240. The van der Waals surface area contributed by atoms with Crippen LogP contribution in [0.3, 0.4) is 0 Å². The van der Waals surface area contributed by atoms with Gasteiger partial charge in [0, 0.05) is 28.8 Å². The normalized spacial score (nSPS) is 13.4. The highest BCUT2D eigenvalue weighted by Crippen LogP contribution is 2.46. The Labute approximate surface area is 215 Å². The van der Waals surface area contributed by atoms with Crippen molar-refractivity contribution in [3.05, 3.63) is 77.5 Å². The third-order valence-electron chi connectivity index (χ3n) is 6.94. The highest BCUT2D eigenvalue weighted by atomic mass is 79.9. The molecule has 0 aliphatic carbocycles. The van der Waals surface area contributed by atoms with Gasteiger partial charge >= 0.3 is 0 Å². The van der Waals surface area contributed by atoms with Crippen LogP contribution in [0.1, 0.15) is 11.1 Å². The van der Waals surface area contributed by atoms with Crippen molar-refractivity contribution in [2.75, 3.05) is 13.9 Å². The first-order valence-corrected chi connectivity index (χ1v) is 11.4.